The highest BCUT2D eigenvalue weighted by molar-refractivity contribution is 5.96. The van der Waals surface area contributed by atoms with Crippen molar-refractivity contribution in [2.24, 2.45) is 0 Å². The van der Waals surface area contributed by atoms with Gasteiger partial charge in [-0.05, 0) is 12.1 Å². The maximum absolute atomic E-state index is 13.0. The second kappa shape index (κ2) is 4.67. The molecule has 0 heterocycles. The summed E-state index contributed by atoms with van der Waals surface area (Å²) in [6.45, 7) is 0. The summed E-state index contributed by atoms with van der Waals surface area (Å²) in [5, 5.41) is 18.5. The van der Waals surface area contributed by atoms with Crippen molar-refractivity contribution in [1.29, 1.82) is 0 Å². The predicted octanol–water partition coefficient (Wildman–Crippen LogP) is 0.0976. The standard InChI is InChI=1S/C9H7F2NO4/c10-4-2-1-3-5(11)6(4)7(13)12-8(14)9(15)16/h1-3,8,14H,(H,12,13)(H,15,16). The zero-order valence-corrected chi connectivity index (χ0v) is 7.78. The quantitative estimate of drug-likeness (QED) is 0.644. The van der Waals surface area contributed by atoms with Crippen molar-refractivity contribution in [3.05, 3.63) is 35.4 Å². The minimum Gasteiger partial charge on any atom is -0.478 e. The molecule has 1 unspecified atom stereocenters. The van der Waals surface area contributed by atoms with Crippen LogP contribution in [0.4, 0.5) is 8.78 Å². The molecule has 0 saturated carbocycles. The van der Waals surface area contributed by atoms with E-state index in [1.807, 2.05) is 0 Å². The van der Waals surface area contributed by atoms with Gasteiger partial charge < -0.3 is 15.5 Å². The number of carbonyl (C=O) groups is 2. The maximum Gasteiger partial charge on any atom is 0.353 e. The fourth-order valence-electron chi connectivity index (χ4n) is 0.973. The van der Waals surface area contributed by atoms with Gasteiger partial charge in [0.05, 0.1) is 0 Å². The van der Waals surface area contributed by atoms with Gasteiger partial charge in [0.2, 0.25) is 6.23 Å². The molecule has 16 heavy (non-hydrogen) atoms. The Labute approximate surface area is 88.3 Å². The third-order valence-electron chi connectivity index (χ3n) is 1.69. The highest BCUT2D eigenvalue weighted by Crippen LogP contribution is 2.11. The largest absolute Gasteiger partial charge is 0.478 e. The molecule has 1 aromatic rings. The Morgan fingerprint density at radius 2 is 1.75 bits per heavy atom. The van der Waals surface area contributed by atoms with Crippen LogP contribution in [0.15, 0.2) is 18.2 Å². The second-order valence-electron chi connectivity index (χ2n) is 2.81. The fourth-order valence-corrected chi connectivity index (χ4v) is 0.973. The van der Waals surface area contributed by atoms with Gasteiger partial charge in [0, 0.05) is 0 Å². The molecule has 86 valence electrons. The normalized spacial score (nSPS) is 11.9. The van der Waals surface area contributed by atoms with Crippen LogP contribution in [0.3, 0.4) is 0 Å². The first-order valence-electron chi connectivity index (χ1n) is 4.09. The number of carboxylic acid groups (broad SMARTS) is 1. The molecule has 0 radical (unpaired) electrons. The van der Waals surface area contributed by atoms with Crippen molar-refractivity contribution in [2.75, 3.05) is 0 Å². The van der Waals surface area contributed by atoms with Crippen LogP contribution < -0.4 is 5.32 Å². The Hall–Kier alpha value is -2.02. The van der Waals surface area contributed by atoms with E-state index in [-0.39, 0.29) is 0 Å². The van der Waals surface area contributed by atoms with Crippen LogP contribution in [-0.2, 0) is 4.79 Å². The lowest BCUT2D eigenvalue weighted by atomic mass is 10.2. The molecule has 3 N–H and O–H groups in total. The summed E-state index contributed by atoms with van der Waals surface area (Å²) in [6, 6.07) is 2.73. The monoisotopic (exact) mass is 231 g/mol. The summed E-state index contributed by atoms with van der Waals surface area (Å²) in [4.78, 5) is 21.4. The number of aliphatic carboxylic acids is 1. The number of halogens is 2. The van der Waals surface area contributed by atoms with Crippen molar-refractivity contribution in [2.45, 2.75) is 6.23 Å². The van der Waals surface area contributed by atoms with E-state index in [0.29, 0.717) is 0 Å². The Balaban J connectivity index is 2.93. The smallest absolute Gasteiger partial charge is 0.353 e. The van der Waals surface area contributed by atoms with Crippen molar-refractivity contribution >= 4 is 11.9 Å². The van der Waals surface area contributed by atoms with Crippen molar-refractivity contribution in [1.82, 2.24) is 5.32 Å². The van der Waals surface area contributed by atoms with Crippen molar-refractivity contribution in [3.8, 4) is 0 Å². The molecule has 0 spiro atoms. The summed E-state index contributed by atoms with van der Waals surface area (Å²) >= 11 is 0. The molecule has 0 aliphatic rings. The lowest BCUT2D eigenvalue weighted by molar-refractivity contribution is -0.147. The van der Waals surface area contributed by atoms with E-state index in [2.05, 4.69) is 0 Å². The van der Waals surface area contributed by atoms with Gasteiger partial charge in [-0.3, -0.25) is 4.79 Å². The van der Waals surface area contributed by atoms with Gasteiger partial charge in [-0.1, -0.05) is 6.07 Å². The van der Waals surface area contributed by atoms with Gasteiger partial charge in [0.1, 0.15) is 17.2 Å². The molecule has 7 heteroatoms. The van der Waals surface area contributed by atoms with Gasteiger partial charge in [-0.15, -0.1) is 0 Å². The molecule has 1 rings (SSSR count). The Kier molecular flexibility index (Phi) is 3.51. The second-order valence-corrected chi connectivity index (χ2v) is 2.81. The third-order valence-corrected chi connectivity index (χ3v) is 1.69. The van der Waals surface area contributed by atoms with Crippen LogP contribution in [0.5, 0.6) is 0 Å². The molecule has 1 atom stereocenters. The molecule has 0 aliphatic heterocycles. The van der Waals surface area contributed by atoms with Crippen LogP contribution in [0.1, 0.15) is 10.4 Å². The van der Waals surface area contributed by atoms with Crippen LogP contribution in [0.25, 0.3) is 0 Å². The number of carbonyl (C=O) groups excluding carboxylic acids is 1. The average molecular weight is 231 g/mol. The van der Waals surface area contributed by atoms with E-state index in [1.54, 1.807) is 0 Å². The Bertz CT molecular complexity index is 415. The summed E-state index contributed by atoms with van der Waals surface area (Å²) in [7, 11) is 0. The minimum atomic E-state index is -2.22. The molecule has 1 aromatic carbocycles. The summed E-state index contributed by atoms with van der Waals surface area (Å²) in [6.07, 6.45) is -2.22. The van der Waals surface area contributed by atoms with Gasteiger partial charge in [-0.2, -0.15) is 0 Å². The SMILES string of the molecule is O=C(NC(O)C(=O)O)c1c(F)cccc1F. The number of aliphatic hydroxyl groups excluding tert-OH is 1. The molecule has 0 bridgehead atoms. The molecule has 0 fully saturated rings. The number of rotatable bonds is 3. The number of nitrogens with one attached hydrogen (secondary N) is 1. The average Bonchev–Trinajstić information content (AvgIpc) is 2.16. The zero-order chi connectivity index (χ0) is 12.3. The van der Waals surface area contributed by atoms with E-state index >= 15 is 0 Å². The maximum atomic E-state index is 13.0. The van der Waals surface area contributed by atoms with Crippen molar-refractivity contribution in [3.63, 3.8) is 0 Å². The molecule has 0 saturated heterocycles. The molecule has 5 nitrogen and oxygen atoms in total. The first-order valence-corrected chi connectivity index (χ1v) is 4.09. The highest BCUT2D eigenvalue weighted by Gasteiger charge is 2.22. The van der Waals surface area contributed by atoms with E-state index in [4.69, 9.17) is 10.2 Å². The van der Waals surface area contributed by atoms with Gasteiger partial charge in [0.15, 0.2) is 0 Å². The Morgan fingerprint density at radius 1 is 1.25 bits per heavy atom. The van der Waals surface area contributed by atoms with Crippen molar-refractivity contribution < 1.29 is 28.6 Å². The molecule has 0 aliphatic carbocycles. The lowest BCUT2D eigenvalue weighted by Gasteiger charge is -2.09. The number of carboxylic acids is 1. The topological polar surface area (TPSA) is 86.6 Å². The van der Waals surface area contributed by atoms with Crippen LogP contribution in [0, 0.1) is 11.6 Å². The Morgan fingerprint density at radius 3 is 2.19 bits per heavy atom. The van der Waals surface area contributed by atoms with Gasteiger partial charge >= 0.3 is 5.97 Å². The molecular formula is C9H7F2NO4. The van der Waals surface area contributed by atoms with Crippen LogP contribution in [0.2, 0.25) is 0 Å². The molecule has 0 aromatic heterocycles. The summed E-state index contributed by atoms with van der Waals surface area (Å²) < 4.78 is 26.0. The summed E-state index contributed by atoms with van der Waals surface area (Å²) in [5.74, 6) is -5.36. The number of hydrogen-bond donors (Lipinski definition) is 3. The number of amides is 1. The fraction of sp³-hybridized carbons (Fsp3) is 0.111. The van der Waals surface area contributed by atoms with E-state index < -0.39 is 35.3 Å². The molecule has 1 amide bonds. The summed E-state index contributed by atoms with van der Waals surface area (Å²) in [5.41, 5.74) is -0.942. The first kappa shape index (κ1) is 12.1. The van der Waals surface area contributed by atoms with Crippen LogP contribution >= 0.6 is 0 Å². The van der Waals surface area contributed by atoms with E-state index in [1.165, 1.54) is 5.32 Å². The van der Waals surface area contributed by atoms with Crippen LogP contribution in [-0.4, -0.2) is 28.3 Å². The van der Waals surface area contributed by atoms with Gasteiger partial charge in [-0.25, -0.2) is 13.6 Å². The zero-order valence-electron chi connectivity index (χ0n) is 7.78. The number of hydrogen-bond acceptors (Lipinski definition) is 3. The molecular weight excluding hydrogens is 224 g/mol. The highest BCUT2D eigenvalue weighted by atomic mass is 19.1. The lowest BCUT2D eigenvalue weighted by Crippen LogP contribution is -2.41. The third kappa shape index (κ3) is 2.51. The minimum absolute atomic E-state index is 0.838. The predicted molar refractivity (Wildman–Crippen MR) is 47.5 cm³/mol. The first-order chi connectivity index (χ1) is 7.43. The number of aliphatic hydroxyl groups is 1. The number of benzene rings is 1. The van der Waals surface area contributed by atoms with E-state index in [0.717, 1.165) is 18.2 Å². The van der Waals surface area contributed by atoms with E-state index in [9.17, 15) is 18.4 Å². The van der Waals surface area contributed by atoms with Gasteiger partial charge in [0.25, 0.3) is 5.91 Å².